The molecule has 1 heterocycles. The molecule has 0 aliphatic heterocycles. The van der Waals surface area contributed by atoms with Crippen LogP contribution in [-0.2, 0) is 0 Å². The first kappa shape index (κ1) is 12.0. The largest absolute Gasteiger partial charge is 0.477 e. The summed E-state index contributed by atoms with van der Waals surface area (Å²) < 4.78 is 13.1. The number of nitrogens with one attached hydrogen (secondary N) is 1. The summed E-state index contributed by atoms with van der Waals surface area (Å²) >= 11 is 0. The average molecular weight is 246 g/mol. The lowest BCUT2D eigenvalue weighted by Gasteiger charge is -2.09. The number of benzene rings is 1. The van der Waals surface area contributed by atoms with Gasteiger partial charge >= 0.3 is 5.97 Å². The molecule has 2 N–H and O–H groups in total. The molecule has 1 aromatic carbocycles. The Kier molecular flexibility index (Phi) is 3.23. The molecule has 0 radical (unpaired) electrons. The lowest BCUT2D eigenvalue weighted by Crippen LogP contribution is -2.01. The zero-order chi connectivity index (χ0) is 13.1. The molecule has 0 fully saturated rings. The van der Waals surface area contributed by atoms with Crippen LogP contribution < -0.4 is 5.32 Å². The van der Waals surface area contributed by atoms with E-state index in [1.165, 1.54) is 24.4 Å². The van der Waals surface area contributed by atoms with Gasteiger partial charge in [0, 0.05) is 17.6 Å². The van der Waals surface area contributed by atoms with E-state index in [9.17, 15) is 9.18 Å². The number of aromatic nitrogens is 1. The van der Waals surface area contributed by atoms with Crippen LogP contribution in [0, 0.1) is 12.7 Å². The zero-order valence-electron chi connectivity index (χ0n) is 9.64. The van der Waals surface area contributed by atoms with Crippen molar-refractivity contribution >= 4 is 17.3 Å². The molecule has 0 unspecified atom stereocenters. The lowest BCUT2D eigenvalue weighted by atomic mass is 10.2. The third-order valence-corrected chi connectivity index (χ3v) is 2.46. The average Bonchev–Trinajstić information content (AvgIpc) is 2.34. The highest BCUT2D eigenvalue weighted by molar-refractivity contribution is 5.86. The van der Waals surface area contributed by atoms with E-state index in [0.717, 1.165) is 5.56 Å². The van der Waals surface area contributed by atoms with Crippen LogP contribution in [0.1, 0.15) is 16.1 Å². The molecule has 2 rings (SSSR count). The van der Waals surface area contributed by atoms with Crippen LogP contribution in [0.4, 0.5) is 15.8 Å². The van der Waals surface area contributed by atoms with E-state index in [4.69, 9.17) is 5.11 Å². The number of aromatic carboxylic acids is 1. The number of carboxylic acid groups (broad SMARTS) is 1. The fourth-order valence-corrected chi connectivity index (χ4v) is 1.51. The fourth-order valence-electron chi connectivity index (χ4n) is 1.51. The molecule has 0 amide bonds. The SMILES string of the molecule is Cc1ccc(F)cc1Nc1ccnc(C(=O)O)c1. The summed E-state index contributed by atoms with van der Waals surface area (Å²) in [7, 11) is 0. The monoisotopic (exact) mass is 246 g/mol. The second-order valence-corrected chi connectivity index (χ2v) is 3.82. The molecular weight excluding hydrogens is 235 g/mol. The van der Waals surface area contributed by atoms with Crippen molar-refractivity contribution in [3.63, 3.8) is 0 Å². The molecule has 0 saturated heterocycles. The number of aryl methyl sites for hydroxylation is 1. The third kappa shape index (κ3) is 2.63. The van der Waals surface area contributed by atoms with Crippen LogP contribution in [0.5, 0.6) is 0 Å². The molecule has 0 atom stereocenters. The minimum atomic E-state index is -1.10. The van der Waals surface area contributed by atoms with Gasteiger partial charge < -0.3 is 10.4 Å². The molecule has 92 valence electrons. The van der Waals surface area contributed by atoms with Crippen LogP contribution in [0.15, 0.2) is 36.5 Å². The number of carbonyl (C=O) groups is 1. The van der Waals surface area contributed by atoms with E-state index in [1.54, 1.807) is 12.1 Å². The van der Waals surface area contributed by atoms with Gasteiger partial charge in [0.05, 0.1) is 0 Å². The Labute approximate surface area is 103 Å². The quantitative estimate of drug-likeness (QED) is 0.874. The van der Waals surface area contributed by atoms with Gasteiger partial charge in [0.2, 0.25) is 0 Å². The van der Waals surface area contributed by atoms with Gasteiger partial charge in [0.1, 0.15) is 11.5 Å². The normalized spacial score (nSPS) is 10.1. The van der Waals surface area contributed by atoms with Crippen molar-refractivity contribution in [3.05, 3.63) is 53.6 Å². The predicted octanol–water partition coefficient (Wildman–Crippen LogP) is 2.97. The first-order valence-corrected chi connectivity index (χ1v) is 5.29. The van der Waals surface area contributed by atoms with Gasteiger partial charge in [0.15, 0.2) is 0 Å². The summed E-state index contributed by atoms with van der Waals surface area (Å²) in [4.78, 5) is 14.5. The second-order valence-electron chi connectivity index (χ2n) is 3.82. The van der Waals surface area contributed by atoms with Gasteiger partial charge in [-0.05, 0) is 36.8 Å². The van der Waals surface area contributed by atoms with Crippen LogP contribution >= 0.6 is 0 Å². The molecular formula is C13H11FN2O2. The van der Waals surface area contributed by atoms with Gasteiger partial charge in [-0.25, -0.2) is 14.2 Å². The highest BCUT2D eigenvalue weighted by Gasteiger charge is 2.06. The smallest absolute Gasteiger partial charge is 0.354 e. The van der Waals surface area contributed by atoms with Crippen LogP contribution in [0.25, 0.3) is 0 Å². The highest BCUT2D eigenvalue weighted by Crippen LogP contribution is 2.21. The van der Waals surface area contributed by atoms with Crippen molar-refractivity contribution in [1.82, 2.24) is 4.98 Å². The Morgan fingerprint density at radius 2 is 2.11 bits per heavy atom. The molecule has 0 aliphatic carbocycles. The fraction of sp³-hybridized carbons (Fsp3) is 0.0769. The van der Waals surface area contributed by atoms with E-state index >= 15 is 0 Å². The van der Waals surface area contributed by atoms with E-state index < -0.39 is 5.97 Å². The highest BCUT2D eigenvalue weighted by atomic mass is 19.1. The van der Waals surface area contributed by atoms with Crippen molar-refractivity contribution in [2.75, 3.05) is 5.32 Å². The summed E-state index contributed by atoms with van der Waals surface area (Å²) in [5.41, 5.74) is 1.95. The van der Waals surface area contributed by atoms with Crippen molar-refractivity contribution in [2.24, 2.45) is 0 Å². The Morgan fingerprint density at radius 1 is 1.33 bits per heavy atom. The Bertz CT molecular complexity index is 599. The number of hydrogen-bond donors (Lipinski definition) is 2. The zero-order valence-corrected chi connectivity index (χ0v) is 9.64. The van der Waals surface area contributed by atoms with Crippen LogP contribution in [0.3, 0.4) is 0 Å². The lowest BCUT2D eigenvalue weighted by molar-refractivity contribution is 0.0690. The molecule has 4 nitrogen and oxygen atoms in total. The third-order valence-electron chi connectivity index (χ3n) is 2.46. The summed E-state index contributed by atoms with van der Waals surface area (Å²) in [6.45, 7) is 1.83. The molecule has 0 saturated carbocycles. The summed E-state index contributed by atoms with van der Waals surface area (Å²) in [6, 6.07) is 7.40. The number of pyridine rings is 1. The Balaban J connectivity index is 2.31. The van der Waals surface area contributed by atoms with Gasteiger partial charge in [-0.1, -0.05) is 6.07 Å². The maximum atomic E-state index is 13.1. The second kappa shape index (κ2) is 4.83. The summed E-state index contributed by atoms with van der Waals surface area (Å²) in [5.74, 6) is -1.45. The molecule has 0 bridgehead atoms. The minimum absolute atomic E-state index is 0.0611. The number of halogens is 1. The number of anilines is 2. The molecule has 1 aromatic heterocycles. The van der Waals surface area contributed by atoms with Crippen molar-refractivity contribution in [3.8, 4) is 0 Å². The maximum absolute atomic E-state index is 13.1. The first-order chi connectivity index (χ1) is 8.56. The number of rotatable bonds is 3. The number of hydrogen-bond acceptors (Lipinski definition) is 3. The van der Waals surface area contributed by atoms with Crippen LogP contribution in [0.2, 0.25) is 0 Å². The standard InChI is InChI=1S/C13H11FN2O2/c1-8-2-3-9(14)6-11(8)16-10-4-5-15-12(7-10)13(17)18/h2-7H,1H3,(H,15,16)(H,17,18). The first-order valence-electron chi connectivity index (χ1n) is 5.29. The van der Waals surface area contributed by atoms with Crippen molar-refractivity contribution in [1.29, 1.82) is 0 Å². The van der Waals surface area contributed by atoms with E-state index in [1.807, 2.05) is 6.92 Å². The number of nitrogens with zero attached hydrogens (tertiary/aromatic N) is 1. The molecule has 0 aliphatic rings. The van der Waals surface area contributed by atoms with E-state index in [2.05, 4.69) is 10.3 Å². The van der Waals surface area contributed by atoms with Gasteiger partial charge in [0.25, 0.3) is 0 Å². The molecule has 5 heteroatoms. The van der Waals surface area contributed by atoms with Crippen molar-refractivity contribution in [2.45, 2.75) is 6.92 Å². The molecule has 0 spiro atoms. The van der Waals surface area contributed by atoms with Gasteiger partial charge in [-0.2, -0.15) is 0 Å². The Hall–Kier alpha value is -2.43. The van der Waals surface area contributed by atoms with E-state index in [0.29, 0.717) is 11.4 Å². The minimum Gasteiger partial charge on any atom is -0.477 e. The molecule has 18 heavy (non-hydrogen) atoms. The summed E-state index contributed by atoms with van der Waals surface area (Å²) in [5, 5.41) is 11.8. The van der Waals surface area contributed by atoms with Gasteiger partial charge in [-0.15, -0.1) is 0 Å². The molecule has 2 aromatic rings. The Morgan fingerprint density at radius 3 is 2.83 bits per heavy atom. The van der Waals surface area contributed by atoms with Crippen LogP contribution in [-0.4, -0.2) is 16.1 Å². The number of carboxylic acids is 1. The van der Waals surface area contributed by atoms with Crippen molar-refractivity contribution < 1.29 is 14.3 Å². The van der Waals surface area contributed by atoms with Gasteiger partial charge in [-0.3, -0.25) is 0 Å². The predicted molar refractivity (Wildman–Crippen MR) is 65.6 cm³/mol. The summed E-state index contributed by atoms with van der Waals surface area (Å²) in [6.07, 6.45) is 1.39. The topological polar surface area (TPSA) is 62.2 Å². The van der Waals surface area contributed by atoms with E-state index in [-0.39, 0.29) is 11.5 Å². The maximum Gasteiger partial charge on any atom is 0.354 e.